The van der Waals surface area contributed by atoms with E-state index in [1.54, 1.807) is 0 Å². The van der Waals surface area contributed by atoms with Gasteiger partial charge in [0.05, 0.1) is 12.6 Å². The minimum Gasteiger partial charge on any atom is -0.357 e. The zero-order chi connectivity index (χ0) is 20.2. The molecule has 1 unspecified atom stereocenters. The number of thiophene rings is 1. The van der Waals surface area contributed by atoms with Crippen LogP contribution in [0.15, 0.2) is 22.5 Å². The Morgan fingerprint density at radius 1 is 1.24 bits per heavy atom. The molecule has 166 valence electrons. The van der Waals surface area contributed by atoms with Gasteiger partial charge in [-0.1, -0.05) is 19.9 Å². The molecule has 29 heavy (non-hydrogen) atoms. The molecule has 0 spiro atoms. The summed E-state index contributed by atoms with van der Waals surface area (Å²) < 4.78 is 0. The predicted molar refractivity (Wildman–Crippen MR) is 134 cm³/mol. The van der Waals surface area contributed by atoms with E-state index in [1.165, 1.54) is 17.7 Å². The predicted octanol–water partition coefficient (Wildman–Crippen LogP) is 3.61. The molecule has 1 aliphatic rings. The Bertz CT molecular complexity index is 588. The van der Waals surface area contributed by atoms with E-state index in [1.807, 2.05) is 11.3 Å². The number of guanidine groups is 1. The number of rotatable bonds is 10. The first-order valence-electron chi connectivity index (χ1n) is 10.7. The second-order valence-corrected chi connectivity index (χ2v) is 8.48. The minimum atomic E-state index is 0. The van der Waals surface area contributed by atoms with Gasteiger partial charge in [-0.15, -0.1) is 35.3 Å². The normalized spacial score (nSPS) is 16.7. The fraction of sp³-hybridized carbons (Fsp3) is 0.714. The first-order chi connectivity index (χ1) is 13.6. The van der Waals surface area contributed by atoms with Gasteiger partial charge in [-0.2, -0.15) is 0 Å². The van der Waals surface area contributed by atoms with E-state index in [-0.39, 0.29) is 29.9 Å². The van der Waals surface area contributed by atoms with Gasteiger partial charge >= 0.3 is 0 Å². The third kappa shape index (κ3) is 9.65. The van der Waals surface area contributed by atoms with Crippen molar-refractivity contribution < 1.29 is 4.79 Å². The van der Waals surface area contributed by atoms with Gasteiger partial charge in [0.1, 0.15) is 0 Å². The number of hydrogen-bond acceptors (Lipinski definition) is 4. The number of halogens is 1. The van der Waals surface area contributed by atoms with Crippen LogP contribution in [0.4, 0.5) is 0 Å². The van der Waals surface area contributed by atoms with E-state index in [4.69, 9.17) is 4.99 Å². The van der Waals surface area contributed by atoms with Crippen LogP contribution in [0.3, 0.4) is 0 Å². The number of amides is 1. The van der Waals surface area contributed by atoms with Gasteiger partial charge in [0.25, 0.3) is 0 Å². The molecule has 3 N–H and O–H groups in total. The van der Waals surface area contributed by atoms with Crippen molar-refractivity contribution in [2.24, 2.45) is 10.9 Å². The smallest absolute Gasteiger partial charge is 0.221 e. The topological polar surface area (TPSA) is 68.8 Å². The van der Waals surface area contributed by atoms with Gasteiger partial charge in [0.15, 0.2) is 5.96 Å². The molecule has 2 rings (SSSR count). The number of nitrogens with one attached hydrogen (secondary N) is 3. The average Bonchev–Trinajstić information content (AvgIpc) is 3.22. The van der Waals surface area contributed by atoms with Crippen molar-refractivity contribution in [3.63, 3.8) is 0 Å². The van der Waals surface area contributed by atoms with Crippen LogP contribution in [0.25, 0.3) is 0 Å². The molecular weight excluding hydrogens is 497 g/mol. The fourth-order valence-corrected chi connectivity index (χ4v) is 4.23. The highest BCUT2D eigenvalue weighted by atomic mass is 127. The van der Waals surface area contributed by atoms with Crippen molar-refractivity contribution in [1.29, 1.82) is 0 Å². The van der Waals surface area contributed by atoms with Crippen LogP contribution < -0.4 is 16.0 Å². The lowest BCUT2D eigenvalue weighted by Gasteiger charge is -2.35. The van der Waals surface area contributed by atoms with Gasteiger partial charge in [-0.05, 0) is 56.6 Å². The molecule has 0 aliphatic carbocycles. The maximum Gasteiger partial charge on any atom is 0.221 e. The quantitative estimate of drug-likeness (QED) is 0.243. The molecule has 1 atom stereocenters. The van der Waals surface area contributed by atoms with Gasteiger partial charge in [-0.3, -0.25) is 14.7 Å². The van der Waals surface area contributed by atoms with Crippen molar-refractivity contribution in [3.8, 4) is 0 Å². The zero-order valence-corrected chi connectivity index (χ0v) is 21.2. The summed E-state index contributed by atoms with van der Waals surface area (Å²) in [6.45, 7) is 11.6. The highest BCUT2D eigenvalue weighted by Gasteiger charge is 2.25. The van der Waals surface area contributed by atoms with E-state index in [9.17, 15) is 4.79 Å². The second kappa shape index (κ2) is 15.0. The molecule has 0 bridgehead atoms. The lowest BCUT2D eigenvalue weighted by molar-refractivity contribution is -0.120. The van der Waals surface area contributed by atoms with E-state index >= 15 is 0 Å². The van der Waals surface area contributed by atoms with Gasteiger partial charge < -0.3 is 16.0 Å². The largest absolute Gasteiger partial charge is 0.357 e. The number of carbonyl (C=O) groups is 1. The van der Waals surface area contributed by atoms with Crippen LogP contribution in [0, 0.1) is 5.92 Å². The summed E-state index contributed by atoms with van der Waals surface area (Å²) in [6.07, 6.45) is 3.94. The lowest BCUT2D eigenvalue weighted by Crippen LogP contribution is -2.41. The molecule has 1 amide bonds. The van der Waals surface area contributed by atoms with E-state index < -0.39 is 0 Å². The Labute approximate surface area is 197 Å². The standard InChI is InChI=1S/C21H37N5OS.HI/c1-4-11-23-20(27)8-12-24-21(22-5-2)25-16-18(19-7-6-15-28-19)26-13-9-17(3)10-14-26;/h6-7,15,17-18H,4-5,8-14,16H2,1-3H3,(H,23,27)(H2,22,24,25);1H. The summed E-state index contributed by atoms with van der Waals surface area (Å²) in [5.74, 6) is 1.70. The number of likely N-dealkylation sites (tertiary alicyclic amines) is 1. The number of aliphatic imine (C=N–C) groups is 1. The number of nitrogens with zero attached hydrogens (tertiary/aromatic N) is 2. The number of carbonyl (C=O) groups excluding carboxylic acids is 1. The fourth-order valence-electron chi connectivity index (χ4n) is 3.37. The molecule has 0 saturated carbocycles. The summed E-state index contributed by atoms with van der Waals surface area (Å²) in [6, 6.07) is 4.68. The Hall–Kier alpha value is -0.870. The SMILES string of the molecule is CCCNC(=O)CCNC(=NCC(c1cccs1)N1CCC(C)CC1)NCC.I. The maximum atomic E-state index is 11.8. The zero-order valence-electron chi connectivity index (χ0n) is 18.1. The molecule has 2 heterocycles. The first kappa shape index (κ1) is 26.2. The second-order valence-electron chi connectivity index (χ2n) is 7.50. The van der Waals surface area contributed by atoms with Gasteiger partial charge in [-0.25, -0.2) is 0 Å². The lowest BCUT2D eigenvalue weighted by atomic mass is 9.97. The Kier molecular flexibility index (Phi) is 13.5. The minimum absolute atomic E-state index is 0. The van der Waals surface area contributed by atoms with E-state index in [0.29, 0.717) is 19.0 Å². The molecule has 1 aromatic heterocycles. The molecule has 1 aromatic rings. The Balaban J connectivity index is 0.00000420. The molecule has 1 fully saturated rings. The first-order valence-corrected chi connectivity index (χ1v) is 11.6. The molecule has 1 saturated heterocycles. The number of piperidine rings is 1. The van der Waals surface area contributed by atoms with Crippen molar-refractivity contribution in [3.05, 3.63) is 22.4 Å². The maximum absolute atomic E-state index is 11.8. The van der Waals surface area contributed by atoms with Crippen LogP contribution >= 0.6 is 35.3 Å². The van der Waals surface area contributed by atoms with E-state index in [2.05, 4.69) is 59.1 Å². The molecule has 6 nitrogen and oxygen atoms in total. The third-order valence-corrected chi connectivity index (χ3v) is 6.09. The summed E-state index contributed by atoms with van der Waals surface area (Å²) >= 11 is 1.82. The van der Waals surface area contributed by atoms with Crippen LogP contribution in [0.5, 0.6) is 0 Å². The highest BCUT2D eigenvalue weighted by molar-refractivity contribution is 14.0. The molecular formula is C21H38IN5OS. The summed E-state index contributed by atoms with van der Waals surface area (Å²) in [7, 11) is 0. The monoisotopic (exact) mass is 535 g/mol. The molecule has 1 aliphatic heterocycles. The van der Waals surface area contributed by atoms with Crippen LogP contribution in [-0.2, 0) is 4.79 Å². The van der Waals surface area contributed by atoms with Crippen LogP contribution in [0.1, 0.15) is 57.4 Å². The summed E-state index contributed by atoms with van der Waals surface area (Å²) in [4.78, 5) is 20.6. The summed E-state index contributed by atoms with van der Waals surface area (Å²) in [5.41, 5.74) is 0. The Morgan fingerprint density at radius 2 is 2.00 bits per heavy atom. The number of hydrogen-bond donors (Lipinski definition) is 3. The average molecular weight is 536 g/mol. The van der Waals surface area contributed by atoms with Crippen molar-refractivity contribution in [2.75, 3.05) is 39.3 Å². The van der Waals surface area contributed by atoms with Crippen LogP contribution in [0.2, 0.25) is 0 Å². The van der Waals surface area contributed by atoms with Crippen molar-refractivity contribution in [1.82, 2.24) is 20.9 Å². The summed E-state index contributed by atoms with van der Waals surface area (Å²) in [5, 5.41) is 11.7. The van der Waals surface area contributed by atoms with E-state index in [0.717, 1.165) is 51.0 Å². The third-order valence-electron chi connectivity index (χ3n) is 5.11. The van der Waals surface area contributed by atoms with Gasteiger partial charge in [0, 0.05) is 30.9 Å². The Morgan fingerprint density at radius 3 is 2.62 bits per heavy atom. The van der Waals surface area contributed by atoms with Gasteiger partial charge in [0.2, 0.25) is 5.91 Å². The van der Waals surface area contributed by atoms with Crippen molar-refractivity contribution >= 4 is 47.2 Å². The molecule has 0 radical (unpaired) electrons. The van der Waals surface area contributed by atoms with Crippen LogP contribution in [-0.4, -0.2) is 56.0 Å². The molecule has 8 heteroatoms. The van der Waals surface area contributed by atoms with Crippen molar-refractivity contribution in [2.45, 2.75) is 52.5 Å². The molecule has 0 aromatic carbocycles. The highest BCUT2D eigenvalue weighted by Crippen LogP contribution is 2.29.